The fourth-order valence-corrected chi connectivity index (χ4v) is 1.93. The second-order valence-corrected chi connectivity index (χ2v) is 4.07. The van der Waals surface area contributed by atoms with Gasteiger partial charge in [-0.1, -0.05) is 5.92 Å². The van der Waals surface area contributed by atoms with Crippen LogP contribution in [0.15, 0.2) is 41.2 Å². The van der Waals surface area contributed by atoms with E-state index in [1.807, 2.05) is 18.2 Å². The molecule has 4 heteroatoms. The molecule has 0 unspecified atom stereocenters. The smallest absolute Gasteiger partial charge is 0.269 e. The summed E-state index contributed by atoms with van der Waals surface area (Å²) >= 11 is 0. The molecule has 0 saturated heterocycles. The zero-order chi connectivity index (χ0) is 14.5. The third kappa shape index (κ3) is 2.41. The third-order valence-corrected chi connectivity index (χ3v) is 2.93. The molecule has 1 heterocycles. The van der Waals surface area contributed by atoms with E-state index in [0.717, 1.165) is 11.3 Å². The van der Waals surface area contributed by atoms with Crippen LogP contribution in [0.2, 0.25) is 0 Å². The summed E-state index contributed by atoms with van der Waals surface area (Å²) < 4.78 is 6.52. The predicted octanol–water partition coefficient (Wildman–Crippen LogP) is 2.03. The van der Waals surface area contributed by atoms with Gasteiger partial charge in [-0.25, -0.2) is 0 Å². The van der Waals surface area contributed by atoms with Crippen LogP contribution in [0, 0.1) is 23.7 Å². The third-order valence-electron chi connectivity index (χ3n) is 2.93. The van der Waals surface area contributed by atoms with Crippen molar-refractivity contribution in [2.75, 3.05) is 7.11 Å². The molecule has 0 atom stereocenters. The maximum Gasteiger partial charge on any atom is 0.269 e. The molecule has 0 aliphatic carbocycles. The molecule has 0 aliphatic heterocycles. The van der Waals surface area contributed by atoms with Crippen LogP contribution in [0.4, 0.5) is 0 Å². The molecule has 0 spiro atoms. The van der Waals surface area contributed by atoms with Gasteiger partial charge in [0.1, 0.15) is 17.4 Å². The van der Waals surface area contributed by atoms with Gasteiger partial charge in [-0.3, -0.25) is 9.36 Å². The summed E-state index contributed by atoms with van der Waals surface area (Å²) in [5.74, 6) is 3.17. The Bertz CT molecular complexity index is 759. The summed E-state index contributed by atoms with van der Waals surface area (Å²) in [6.07, 6.45) is 5.30. The van der Waals surface area contributed by atoms with Crippen molar-refractivity contribution in [1.29, 1.82) is 5.26 Å². The van der Waals surface area contributed by atoms with E-state index in [4.69, 9.17) is 16.4 Å². The predicted molar refractivity (Wildman–Crippen MR) is 76.2 cm³/mol. The molecule has 4 nitrogen and oxygen atoms in total. The standard InChI is InChI=1S/C16H12N2O2/c1-3-10-18-15(9-6-13(11-17)16(18)19)12-4-7-14(20-2)8-5-12/h1,4-9H,10H2,2H3. The minimum Gasteiger partial charge on any atom is -0.497 e. The highest BCUT2D eigenvalue weighted by Crippen LogP contribution is 2.21. The molecule has 2 rings (SSSR count). The summed E-state index contributed by atoms with van der Waals surface area (Å²) in [5.41, 5.74) is 1.22. The number of ether oxygens (including phenoxy) is 1. The van der Waals surface area contributed by atoms with Crippen LogP contribution in [-0.4, -0.2) is 11.7 Å². The van der Waals surface area contributed by atoms with Crippen molar-refractivity contribution in [3.05, 3.63) is 52.3 Å². The van der Waals surface area contributed by atoms with Crippen LogP contribution >= 0.6 is 0 Å². The number of benzene rings is 1. The lowest BCUT2D eigenvalue weighted by Gasteiger charge is -2.11. The fourth-order valence-electron chi connectivity index (χ4n) is 1.93. The van der Waals surface area contributed by atoms with Crippen LogP contribution in [0.5, 0.6) is 5.75 Å². The van der Waals surface area contributed by atoms with Crippen molar-refractivity contribution in [3.8, 4) is 35.4 Å². The van der Waals surface area contributed by atoms with E-state index in [1.54, 1.807) is 25.3 Å². The van der Waals surface area contributed by atoms with E-state index in [0.29, 0.717) is 5.69 Å². The van der Waals surface area contributed by atoms with Crippen molar-refractivity contribution >= 4 is 0 Å². The number of rotatable bonds is 3. The molecule has 0 saturated carbocycles. The van der Waals surface area contributed by atoms with Gasteiger partial charge in [0.15, 0.2) is 0 Å². The molecular formula is C16H12N2O2. The molecule has 0 bridgehead atoms. The lowest BCUT2D eigenvalue weighted by Crippen LogP contribution is -2.23. The van der Waals surface area contributed by atoms with Crippen molar-refractivity contribution in [1.82, 2.24) is 4.57 Å². The Labute approximate surface area is 116 Å². The van der Waals surface area contributed by atoms with Crippen LogP contribution in [-0.2, 0) is 6.54 Å². The van der Waals surface area contributed by atoms with Gasteiger partial charge in [0.05, 0.1) is 19.3 Å². The zero-order valence-electron chi connectivity index (χ0n) is 11.0. The van der Waals surface area contributed by atoms with Gasteiger partial charge < -0.3 is 4.74 Å². The minimum absolute atomic E-state index is 0.0810. The average Bonchev–Trinajstić information content (AvgIpc) is 2.49. The van der Waals surface area contributed by atoms with Crippen molar-refractivity contribution < 1.29 is 4.74 Å². The molecule has 1 aromatic heterocycles. The van der Waals surface area contributed by atoms with Gasteiger partial charge >= 0.3 is 0 Å². The minimum atomic E-state index is -0.376. The first-order valence-corrected chi connectivity index (χ1v) is 5.93. The Hall–Kier alpha value is -2.98. The van der Waals surface area contributed by atoms with Gasteiger partial charge in [-0.2, -0.15) is 5.26 Å². The van der Waals surface area contributed by atoms with E-state index in [9.17, 15) is 4.79 Å². The lowest BCUT2D eigenvalue weighted by atomic mass is 10.1. The number of nitriles is 1. The Morgan fingerprint density at radius 2 is 1.95 bits per heavy atom. The summed E-state index contributed by atoms with van der Waals surface area (Å²) in [4.78, 5) is 12.1. The number of pyridine rings is 1. The second kappa shape index (κ2) is 5.77. The van der Waals surface area contributed by atoms with Crippen molar-refractivity contribution in [2.24, 2.45) is 0 Å². The summed E-state index contributed by atoms with van der Waals surface area (Å²) in [6, 6.07) is 12.4. The Morgan fingerprint density at radius 1 is 1.25 bits per heavy atom. The SMILES string of the molecule is C#CCn1c(-c2ccc(OC)cc2)ccc(C#N)c1=O. The van der Waals surface area contributed by atoms with Gasteiger partial charge in [0.25, 0.3) is 5.56 Å². The number of methoxy groups -OCH3 is 1. The highest BCUT2D eigenvalue weighted by molar-refractivity contribution is 5.61. The molecule has 0 aliphatic rings. The second-order valence-electron chi connectivity index (χ2n) is 4.07. The molecule has 98 valence electrons. The Kier molecular flexibility index (Phi) is 3.88. The molecule has 0 radical (unpaired) electrons. The van der Waals surface area contributed by atoms with Crippen LogP contribution in [0.1, 0.15) is 5.56 Å². The Morgan fingerprint density at radius 3 is 2.50 bits per heavy atom. The molecule has 0 N–H and O–H groups in total. The van der Waals surface area contributed by atoms with Gasteiger partial charge in [-0.15, -0.1) is 6.42 Å². The molecule has 0 fully saturated rings. The number of hydrogen-bond donors (Lipinski definition) is 0. The van der Waals surface area contributed by atoms with E-state index in [2.05, 4.69) is 5.92 Å². The number of nitrogens with zero attached hydrogens (tertiary/aromatic N) is 2. The van der Waals surface area contributed by atoms with Crippen LogP contribution in [0.3, 0.4) is 0 Å². The first-order chi connectivity index (χ1) is 9.71. The number of terminal acetylenes is 1. The summed E-state index contributed by atoms with van der Waals surface area (Å²) in [5, 5.41) is 8.91. The van der Waals surface area contributed by atoms with E-state index >= 15 is 0 Å². The van der Waals surface area contributed by atoms with Crippen molar-refractivity contribution in [2.45, 2.75) is 6.54 Å². The normalized spacial score (nSPS) is 9.55. The maximum absolute atomic E-state index is 12.1. The number of aromatic nitrogens is 1. The average molecular weight is 264 g/mol. The molecule has 0 amide bonds. The van der Waals surface area contributed by atoms with Gasteiger partial charge in [0.2, 0.25) is 0 Å². The number of hydrogen-bond acceptors (Lipinski definition) is 3. The summed E-state index contributed by atoms with van der Waals surface area (Å²) in [6.45, 7) is 0.121. The highest BCUT2D eigenvalue weighted by atomic mass is 16.5. The van der Waals surface area contributed by atoms with E-state index in [1.165, 1.54) is 10.6 Å². The first kappa shape index (κ1) is 13.5. The quantitative estimate of drug-likeness (QED) is 0.797. The molecular weight excluding hydrogens is 252 g/mol. The van der Waals surface area contributed by atoms with E-state index < -0.39 is 0 Å². The van der Waals surface area contributed by atoms with Crippen LogP contribution in [0.25, 0.3) is 11.3 Å². The van der Waals surface area contributed by atoms with E-state index in [-0.39, 0.29) is 17.7 Å². The molecule has 20 heavy (non-hydrogen) atoms. The first-order valence-electron chi connectivity index (χ1n) is 5.93. The lowest BCUT2D eigenvalue weighted by molar-refractivity contribution is 0.415. The fraction of sp³-hybridized carbons (Fsp3) is 0.125. The highest BCUT2D eigenvalue weighted by Gasteiger charge is 2.09. The summed E-state index contributed by atoms with van der Waals surface area (Å²) in [7, 11) is 1.59. The topological polar surface area (TPSA) is 55.0 Å². The Balaban J connectivity index is 2.61. The monoisotopic (exact) mass is 264 g/mol. The van der Waals surface area contributed by atoms with Gasteiger partial charge in [-0.05, 0) is 42.0 Å². The van der Waals surface area contributed by atoms with Crippen LogP contribution < -0.4 is 10.3 Å². The van der Waals surface area contributed by atoms with Gasteiger partial charge in [0, 0.05) is 0 Å². The molecule has 2 aromatic rings. The van der Waals surface area contributed by atoms with Crippen molar-refractivity contribution in [3.63, 3.8) is 0 Å². The molecule has 1 aromatic carbocycles. The maximum atomic E-state index is 12.1. The zero-order valence-corrected chi connectivity index (χ0v) is 11.0. The largest absolute Gasteiger partial charge is 0.497 e.